The first-order valence-corrected chi connectivity index (χ1v) is 10.6. The van der Waals surface area contributed by atoms with Gasteiger partial charge in [-0.3, -0.25) is 4.79 Å². The lowest BCUT2D eigenvalue weighted by Crippen LogP contribution is -2.61. The van der Waals surface area contributed by atoms with Gasteiger partial charge in [-0.15, -0.1) is 11.8 Å². The van der Waals surface area contributed by atoms with Gasteiger partial charge in [-0.1, -0.05) is 6.92 Å². The summed E-state index contributed by atoms with van der Waals surface area (Å²) >= 11 is 1.56. The minimum Gasteiger partial charge on any atom is -0.390 e. The first-order valence-electron chi connectivity index (χ1n) is 9.65. The van der Waals surface area contributed by atoms with Crippen molar-refractivity contribution in [2.75, 3.05) is 17.7 Å². The van der Waals surface area contributed by atoms with Crippen molar-refractivity contribution >= 4 is 23.6 Å². The Morgan fingerprint density at radius 2 is 2.08 bits per heavy atom. The number of rotatable bonds is 6. The Balaban J connectivity index is 1.60. The summed E-state index contributed by atoms with van der Waals surface area (Å²) in [7, 11) is 2.06. The molecule has 4 fully saturated rings. The summed E-state index contributed by atoms with van der Waals surface area (Å²) in [6.45, 7) is 2.10. The lowest BCUT2D eigenvalue weighted by molar-refractivity contribution is -0.133. The summed E-state index contributed by atoms with van der Waals surface area (Å²) in [6.07, 6.45) is 7.75. The van der Waals surface area contributed by atoms with Crippen molar-refractivity contribution < 1.29 is 9.90 Å². The molecular formula is C19H28N4O2S. The lowest BCUT2D eigenvalue weighted by Gasteiger charge is -2.59. The monoisotopic (exact) mass is 376 g/mol. The Labute approximate surface area is 159 Å². The van der Waals surface area contributed by atoms with E-state index in [0.717, 1.165) is 31.4 Å². The third kappa shape index (κ3) is 3.09. The van der Waals surface area contributed by atoms with E-state index in [1.54, 1.807) is 18.0 Å². The van der Waals surface area contributed by atoms with Crippen LogP contribution in [0.4, 0.5) is 5.95 Å². The molecule has 2 unspecified atom stereocenters. The summed E-state index contributed by atoms with van der Waals surface area (Å²) in [5.74, 6) is 2.76. The van der Waals surface area contributed by atoms with E-state index in [9.17, 15) is 9.90 Å². The Morgan fingerprint density at radius 1 is 1.38 bits per heavy atom. The standard InChI is InChI=1S/C19H28N4O2S/c1-3-4-26-17-14(16(20)24)10-21-18(22-17)23(2)15-12-5-11-6-13(15)9-19(25,7-11)8-12/h10-13,15,25H,3-9H2,1-2H3,(H2,20,24). The maximum Gasteiger partial charge on any atom is 0.253 e. The van der Waals surface area contributed by atoms with Crippen molar-refractivity contribution in [2.45, 2.75) is 62.1 Å². The smallest absolute Gasteiger partial charge is 0.253 e. The van der Waals surface area contributed by atoms with Crippen LogP contribution in [0.2, 0.25) is 0 Å². The first kappa shape index (κ1) is 18.0. The first-order chi connectivity index (χ1) is 12.4. The lowest BCUT2D eigenvalue weighted by atomic mass is 9.52. The van der Waals surface area contributed by atoms with Crippen molar-refractivity contribution in [1.29, 1.82) is 0 Å². The van der Waals surface area contributed by atoms with Crippen molar-refractivity contribution in [3.63, 3.8) is 0 Å². The molecule has 7 heteroatoms. The number of nitrogens with zero attached hydrogens (tertiary/aromatic N) is 3. The number of aromatic nitrogens is 2. The highest BCUT2D eigenvalue weighted by molar-refractivity contribution is 7.99. The van der Waals surface area contributed by atoms with Crippen molar-refractivity contribution in [2.24, 2.45) is 23.5 Å². The summed E-state index contributed by atoms with van der Waals surface area (Å²) in [5.41, 5.74) is 5.46. The largest absolute Gasteiger partial charge is 0.390 e. The SMILES string of the molecule is CCCSc1nc(N(C)C2C3CC4CC2CC(O)(C4)C3)ncc1C(N)=O. The van der Waals surface area contributed by atoms with Crippen LogP contribution in [-0.2, 0) is 0 Å². The number of carbonyl (C=O) groups excluding carboxylic acids is 1. The molecule has 4 aliphatic rings. The number of primary amides is 1. The summed E-state index contributed by atoms with van der Waals surface area (Å²) in [5, 5.41) is 11.5. The van der Waals surface area contributed by atoms with Crippen LogP contribution in [0.3, 0.4) is 0 Å². The van der Waals surface area contributed by atoms with E-state index in [0.29, 0.717) is 40.3 Å². The molecule has 0 radical (unpaired) electrons. The van der Waals surface area contributed by atoms with Gasteiger partial charge in [0.25, 0.3) is 5.91 Å². The van der Waals surface area contributed by atoms with Gasteiger partial charge in [-0.2, -0.15) is 0 Å². The Kier molecular flexibility index (Phi) is 4.63. The number of nitrogens with two attached hydrogens (primary N) is 1. The van der Waals surface area contributed by atoms with E-state index in [-0.39, 0.29) is 0 Å². The molecule has 1 amide bonds. The molecular weight excluding hydrogens is 348 g/mol. The normalized spacial score (nSPS) is 34.9. The molecule has 0 saturated heterocycles. The van der Waals surface area contributed by atoms with Gasteiger partial charge < -0.3 is 15.7 Å². The van der Waals surface area contributed by atoms with E-state index >= 15 is 0 Å². The molecule has 0 aromatic carbocycles. The van der Waals surface area contributed by atoms with Gasteiger partial charge in [-0.05, 0) is 62.0 Å². The zero-order valence-electron chi connectivity index (χ0n) is 15.5. The number of amides is 1. The zero-order chi connectivity index (χ0) is 18.5. The number of thioether (sulfide) groups is 1. The molecule has 1 aromatic heterocycles. The average molecular weight is 377 g/mol. The van der Waals surface area contributed by atoms with Gasteiger partial charge in [0.2, 0.25) is 5.95 Å². The van der Waals surface area contributed by atoms with Gasteiger partial charge >= 0.3 is 0 Å². The van der Waals surface area contributed by atoms with E-state index in [1.165, 1.54) is 12.8 Å². The number of aliphatic hydroxyl groups is 1. The Morgan fingerprint density at radius 3 is 2.65 bits per heavy atom. The van der Waals surface area contributed by atoms with Gasteiger partial charge in [0, 0.05) is 19.3 Å². The second-order valence-corrected chi connectivity index (χ2v) is 9.48. The zero-order valence-corrected chi connectivity index (χ0v) is 16.3. The molecule has 4 saturated carbocycles. The van der Waals surface area contributed by atoms with Gasteiger partial charge in [0.05, 0.1) is 11.2 Å². The molecule has 1 aromatic rings. The van der Waals surface area contributed by atoms with E-state index in [4.69, 9.17) is 10.7 Å². The Hall–Kier alpha value is -1.34. The van der Waals surface area contributed by atoms with Crippen LogP contribution in [0.1, 0.15) is 55.8 Å². The predicted molar refractivity (Wildman–Crippen MR) is 102 cm³/mol. The van der Waals surface area contributed by atoms with Crippen molar-refractivity contribution in [1.82, 2.24) is 9.97 Å². The molecule has 142 valence electrons. The third-order valence-corrected chi connectivity index (χ3v) is 7.60. The minimum absolute atomic E-state index is 0.371. The van der Waals surface area contributed by atoms with Crippen molar-refractivity contribution in [3.8, 4) is 0 Å². The highest BCUT2D eigenvalue weighted by Crippen LogP contribution is 2.57. The predicted octanol–water partition coefficient (Wildman–Crippen LogP) is 2.45. The molecule has 3 N–H and O–H groups in total. The number of anilines is 1. The van der Waals surface area contributed by atoms with Crippen molar-refractivity contribution in [3.05, 3.63) is 11.8 Å². The molecule has 0 spiro atoms. The fourth-order valence-electron chi connectivity index (χ4n) is 5.73. The molecule has 6 nitrogen and oxygen atoms in total. The summed E-state index contributed by atoms with van der Waals surface area (Å²) in [6, 6.07) is 0.371. The van der Waals surface area contributed by atoms with Crippen LogP contribution >= 0.6 is 11.8 Å². The second-order valence-electron chi connectivity index (χ2n) is 8.40. The van der Waals surface area contributed by atoms with Crippen LogP contribution in [0.15, 0.2) is 11.2 Å². The molecule has 1 heterocycles. The fraction of sp³-hybridized carbons (Fsp3) is 0.737. The summed E-state index contributed by atoms with van der Waals surface area (Å²) in [4.78, 5) is 23.0. The maximum atomic E-state index is 11.7. The maximum absolute atomic E-state index is 11.7. The molecule has 0 aliphatic heterocycles. The molecule has 5 rings (SSSR count). The Bertz CT molecular complexity index is 697. The highest BCUT2D eigenvalue weighted by atomic mass is 32.2. The van der Waals surface area contributed by atoms with Crippen LogP contribution in [0.5, 0.6) is 0 Å². The molecule has 4 aliphatic carbocycles. The molecule has 4 bridgehead atoms. The van der Waals surface area contributed by atoms with Gasteiger partial charge in [-0.25, -0.2) is 9.97 Å². The topological polar surface area (TPSA) is 92.3 Å². The average Bonchev–Trinajstić information content (AvgIpc) is 2.57. The van der Waals surface area contributed by atoms with E-state index in [1.807, 2.05) is 0 Å². The van der Waals surface area contributed by atoms with Gasteiger partial charge in [0.1, 0.15) is 5.03 Å². The minimum atomic E-state index is -0.477. The van der Waals surface area contributed by atoms with Crippen LogP contribution in [-0.4, -0.2) is 45.4 Å². The van der Waals surface area contributed by atoms with Crippen LogP contribution in [0.25, 0.3) is 0 Å². The quantitative estimate of drug-likeness (QED) is 0.585. The van der Waals surface area contributed by atoms with Crippen LogP contribution in [0, 0.1) is 17.8 Å². The second kappa shape index (κ2) is 6.68. The number of carbonyl (C=O) groups is 1. The van der Waals surface area contributed by atoms with E-state index in [2.05, 4.69) is 23.9 Å². The number of hydrogen-bond acceptors (Lipinski definition) is 6. The van der Waals surface area contributed by atoms with Gasteiger partial charge in [0.15, 0.2) is 0 Å². The molecule has 26 heavy (non-hydrogen) atoms. The van der Waals surface area contributed by atoms with Crippen LogP contribution < -0.4 is 10.6 Å². The highest BCUT2D eigenvalue weighted by Gasteiger charge is 2.56. The summed E-state index contributed by atoms with van der Waals surface area (Å²) < 4.78 is 0. The molecule has 2 atom stereocenters. The third-order valence-electron chi connectivity index (χ3n) is 6.40. The number of hydrogen-bond donors (Lipinski definition) is 2. The fourth-order valence-corrected chi connectivity index (χ4v) is 6.58. The van der Waals surface area contributed by atoms with E-state index < -0.39 is 11.5 Å².